The molecule has 1 aliphatic heterocycles. The molecule has 156 valence electrons. The quantitative estimate of drug-likeness (QED) is 0.537. The van der Waals surface area contributed by atoms with Gasteiger partial charge >= 0.3 is 0 Å². The van der Waals surface area contributed by atoms with E-state index in [0.29, 0.717) is 25.1 Å². The molecule has 0 spiro atoms. The van der Waals surface area contributed by atoms with Gasteiger partial charge in [0, 0.05) is 36.4 Å². The molecule has 1 unspecified atom stereocenters. The molecule has 0 aliphatic carbocycles. The first-order valence-electron chi connectivity index (χ1n) is 10.0. The van der Waals surface area contributed by atoms with Crippen molar-refractivity contribution in [2.75, 3.05) is 6.61 Å². The molecule has 1 N–H and O–H groups in total. The van der Waals surface area contributed by atoms with E-state index in [1.54, 1.807) is 15.7 Å². The minimum atomic E-state index is -0.117. The first kappa shape index (κ1) is 19.0. The van der Waals surface area contributed by atoms with Crippen molar-refractivity contribution < 1.29 is 9.53 Å². The van der Waals surface area contributed by atoms with Crippen LogP contribution in [0.1, 0.15) is 33.9 Å². The lowest BCUT2D eigenvalue weighted by atomic mass is 9.96. The molecule has 31 heavy (non-hydrogen) atoms. The summed E-state index contributed by atoms with van der Waals surface area (Å²) in [5.74, 6) is 0.694. The standard InChI is InChI=1S/C22H21N7O2/c1-28-13-18(11-24-28)17-6-7-21-19(10-17)20(8-9-31-21)25-22(30)16-4-2-15(3-5-16)12-29-14-23-26-27-29/h2-7,10-11,13-14,20H,8-9,12H2,1H3,(H,25,30). The highest BCUT2D eigenvalue weighted by Gasteiger charge is 2.24. The third-order valence-electron chi connectivity index (χ3n) is 5.34. The Morgan fingerprint density at radius 3 is 2.81 bits per heavy atom. The number of aromatic nitrogens is 6. The predicted octanol–water partition coefficient (Wildman–Crippen LogP) is 2.38. The molecule has 1 amide bonds. The van der Waals surface area contributed by atoms with Gasteiger partial charge in [-0.1, -0.05) is 18.2 Å². The predicted molar refractivity (Wildman–Crippen MR) is 112 cm³/mol. The van der Waals surface area contributed by atoms with E-state index >= 15 is 0 Å². The molecule has 0 saturated heterocycles. The highest BCUT2D eigenvalue weighted by molar-refractivity contribution is 5.94. The van der Waals surface area contributed by atoms with E-state index in [1.807, 2.05) is 55.8 Å². The van der Waals surface area contributed by atoms with E-state index in [0.717, 1.165) is 28.0 Å². The third-order valence-corrected chi connectivity index (χ3v) is 5.34. The van der Waals surface area contributed by atoms with Crippen molar-refractivity contribution in [3.63, 3.8) is 0 Å². The van der Waals surface area contributed by atoms with Crippen molar-refractivity contribution in [3.05, 3.63) is 77.9 Å². The lowest BCUT2D eigenvalue weighted by molar-refractivity contribution is 0.0925. The van der Waals surface area contributed by atoms with Gasteiger partial charge in [0.15, 0.2) is 0 Å². The lowest BCUT2D eigenvalue weighted by Gasteiger charge is -2.27. The van der Waals surface area contributed by atoms with Crippen LogP contribution in [-0.4, -0.2) is 42.5 Å². The van der Waals surface area contributed by atoms with Gasteiger partial charge < -0.3 is 10.1 Å². The fourth-order valence-electron chi connectivity index (χ4n) is 3.74. The smallest absolute Gasteiger partial charge is 0.251 e. The Kier molecular flexibility index (Phi) is 4.91. The van der Waals surface area contributed by atoms with E-state index in [2.05, 4.69) is 32.0 Å². The first-order valence-corrected chi connectivity index (χ1v) is 10.0. The topological polar surface area (TPSA) is 99.8 Å². The van der Waals surface area contributed by atoms with Gasteiger partial charge in [0.1, 0.15) is 12.1 Å². The Morgan fingerprint density at radius 1 is 1.19 bits per heavy atom. The Balaban J connectivity index is 1.33. The van der Waals surface area contributed by atoms with Crippen LogP contribution >= 0.6 is 0 Å². The van der Waals surface area contributed by atoms with E-state index in [-0.39, 0.29) is 11.9 Å². The van der Waals surface area contributed by atoms with Gasteiger partial charge in [0.05, 0.1) is 25.4 Å². The summed E-state index contributed by atoms with van der Waals surface area (Å²) >= 11 is 0. The number of fused-ring (bicyclic) bond motifs is 1. The van der Waals surface area contributed by atoms with Gasteiger partial charge in [-0.15, -0.1) is 5.10 Å². The molecule has 1 aliphatic rings. The molecular weight excluding hydrogens is 394 g/mol. The number of carbonyl (C=O) groups is 1. The van der Waals surface area contributed by atoms with Gasteiger partial charge in [-0.05, 0) is 45.8 Å². The van der Waals surface area contributed by atoms with E-state index in [1.165, 1.54) is 0 Å². The number of hydrogen-bond donors (Lipinski definition) is 1. The van der Waals surface area contributed by atoms with Crippen LogP contribution in [0.5, 0.6) is 5.75 Å². The second-order valence-electron chi connectivity index (χ2n) is 7.52. The van der Waals surface area contributed by atoms with Gasteiger partial charge in [0.2, 0.25) is 0 Å². The minimum absolute atomic E-state index is 0.112. The summed E-state index contributed by atoms with van der Waals surface area (Å²) in [5, 5.41) is 18.5. The molecule has 9 heteroatoms. The van der Waals surface area contributed by atoms with Crippen LogP contribution in [0, 0.1) is 0 Å². The number of ether oxygens (including phenoxy) is 1. The largest absolute Gasteiger partial charge is 0.493 e. The van der Waals surface area contributed by atoms with Crippen LogP contribution in [0.2, 0.25) is 0 Å². The molecule has 1 atom stereocenters. The molecule has 3 heterocycles. The zero-order valence-corrected chi connectivity index (χ0v) is 17.0. The zero-order valence-electron chi connectivity index (χ0n) is 17.0. The molecule has 2 aromatic carbocycles. The van der Waals surface area contributed by atoms with Gasteiger partial charge in [-0.2, -0.15) is 5.10 Å². The summed E-state index contributed by atoms with van der Waals surface area (Å²) in [5.41, 5.74) is 4.68. The second-order valence-corrected chi connectivity index (χ2v) is 7.52. The Labute approximate surface area is 178 Å². The second kappa shape index (κ2) is 8.02. The number of nitrogens with zero attached hydrogens (tertiary/aromatic N) is 6. The average molecular weight is 415 g/mol. The van der Waals surface area contributed by atoms with E-state index < -0.39 is 0 Å². The summed E-state index contributed by atoms with van der Waals surface area (Å²) < 4.78 is 9.22. The van der Waals surface area contributed by atoms with Crippen LogP contribution < -0.4 is 10.1 Å². The fourth-order valence-corrected chi connectivity index (χ4v) is 3.74. The van der Waals surface area contributed by atoms with Crippen LogP contribution in [-0.2, 0) is 13.6 Å². The first-order chi connectivity index (χ1) is 15.2. The van der Waals surface area contributed by atoms with Gasteiger partial charge in [-0.25, -0.2) is 4.68 Å². The van der Waals surface area contributed by atoms with Crippen molar-refractivity contribution >= 4 is 5.91 Å². The lowest BCUT2D eigenvalue weighted by Crippen LogP contribution is -2.32. The third kappa shape index (κ3) is 4.02. The summed E-state index contributed by atoms with van der Waals surface area (Å²) in [6.45, 7) is 1.12. The Bertz CT molecular complexity index is 1200. The molecular formula is C22H21N7O2. The molecule has 0 saturated carbocycles. The average Bonchev–Trinajstić information content (AvgIpc) is 3.46. The van der Waals surface area contributed by atoms with E-state index in [4.69, 9.17) is 4.74 Å². The Morgan fingerprint density at radius 2 is 2.06 bits per heavy atom. The number of amides is 1. The number of aryl methyl sites for hydroxylation is 1. The molecule has 5 rings (SSSR count). The van der Waals surface area contributed by atoms with Crippen molar-refractivity contribution in [1.82, 2.24) is 35.3 Å². The molecule has 0 radical (unpaired) electrons. The van der Waals surface area contributed by atoms with Crippen molar-refractivity contribution in [3.8, 4) is 16.9 Å². The maximum Gasteiger partial charge on any atom is 0.251 e. The van der Waals surface area contributed by atoms with Gasteiger partial charge in [0.25, 0.3) is 5.91 Å². The normalized spacial score (nSPS) is 15.2. The summed E-state index contributed by atoms with van der Waals surface area (Å²) in [7, 11) is 1.89. The summed E-state index contributed by atoms with van der Waals surface area (Å²) in [6.07, 6.45) is 6.07. The van der Waals surface area contributed by atoms with Crippen LogP contribution in [0.25, 0.3) is 11.1 Å². The highest BCUT2D eigenvalue weighted by Crippen LogP contribution is 2.35. The molecule has 9 nitrogen and oxygen atoms in total. The van der Waals surface area contributed by atoms with Crippen molar-refractivity contribution in [2.24, 2.45) is 7.05 Å². The highest BCUT2D eigenvalue weighted by atomic mass is 16.5. The van der Waals surface area contributed by atoms with Crippen molar-refractivity contribution in [2.45, 2.75) is 19.0 Å². The number of hydrogen-bond acceptors (Lipinski definition) is 6. The number of benzene rings is 2. The SMILES string of the molecule is Cn1cc(-c2ccc3c(c2)C(NC(=O)c2ccc(Cn4cnnn4)cc2)CCO3)cn1. The summed E-state index contributed by atoms with van der Waals surface area (Å²) in [4.78, 5) is 12.9. The number of carbonyl (C=O) groups excluding carboxylic acids is 1. The zero-order chi connectivity index (χ0) is 21.2. The van der Waals surface area contributed by atoms with Crippen LogP contribution in [0.3, 0.4) is 0 Å². The molecule has 2 aromatic heterocycles. The molecule has 0 fully saturated rings. The maximum absolute atomic E-state index is 12.9. The fraction of sp³-hybridized carbons (Fsp3) is 0.227. The number of nitrogens with one attached hydrogen (secondary N) is 1. The van der Waals surface area contributed by atoms with Crippen molar-refractivity contribution in [1.29, 1.82) is 0 Å². The number of rotatable bonds is 5. The maximum atomic E-state index is 12.9. The van der Waals surface area contributed by atoms with Gasteiger partial charge in [-0.3, -0.25) is 9.48 Å². The monoisotopic (exact) mass is 415 g/mol. The molecule has 4 aromatic rings. The Hall–Kier alpha value is -4.01. The number of tetrazole rings is 1. The van der Waals surface area contributed by atoms with Crippen LogP contribution in [0.15, 0.2) is 61.2 Å². The summed E-state index contributed by atoms with van der Waals surface area (Å²) in [6, 6.07) is 13.4. The minimum Gasteiger partial charge on any atom is -0.493 e. The molecule has 0 bridgehead atoms. The van der Waals surface area contributed by atoms with Crippen LogP contribution in [0.4, 0.5) is 0 Å². The van der Waals surface area contributed by atoms with E-state index in [9.17, 15) is 4.79 Å².